The molecule has 0 bridgehead atoms. The second-order valence-corrected chi connectivity index (χ2v) is 7.57. The van der Waals surface area contributed by atoms with Crippen LogP contribution in [0.15, 0.2) is 24.3 Å². The average molecular weight is 363 g/mol. The van der Waals surface area contributed by atoms with E-state index in [4.69, 9.17) is 4.74 Å². The number of morpholine rings is 1. The summed E-state index contributed by atoms with van der Waals surface area (Å²) in [7, 11) is 0. The number of carbonyl (C=O) groups is 1. The molecule has 0 aliphatic carbocycles. The number of hydrogen-bond acceptors (Lipinski definition) is 4. The van der Waals surface area contributed by atoms with Crippen molar-refractivity contribution in [3.63, 3.8) is 0 Å². The second-order valence-electron chi connectivity index (χ2n) is 7.57. The number of likely N-dealkylation sites (tertiary alicyclic amines) is 1. The van der Waals surface area contributed by atoms with Crippen LogP contribution in [0.3, 0.4) is 0 Å². The normalized spacial score (nSPS) is 26.0. The number of nitrogens with one attached hydrogen (secondary N) is 1. The molecule has 3 unspecified atom stereocenters. The van der Waals surface area contributed by atoms with Crippen LogP contribution in [-0.4, -0.2) is 67.2 Å². The summed E-state index contributed by atoms with van der Waals surface area (Å²) in [5.74, 6) is -0.189. The lowest BCUT2D eigenvalue weighted by Crippen LogP contribution is -2.49. The zero-order valence-corrected chi connectivity index (χ0v) is 15.8. The van der Waals surface area contributed by atoms with Crippen molar-refractivity contribution in [2.75, 3.05) is 39.3 Å². The molecule has 26 heavy (non-hydrogen) atoms. The fraction of sp³-hybridized carbons (Fsp3) is 0.650. The number of benzene rings is 1. The molecular formula is C20H30FN3O2. The van der Waals surface area contributed by atoms with Gasteiger partial charge >= 0.3 is 0 Å². The molecule has 2 aliphatic rings. The molecule has 144 valence electrons. The lowest BCUT2D eigenvalue weighted by molar-refractivity contribution is -0.126. The minimum atomic E-state index is -0.228. The molecule has 1 N–H and O–H groups in total. The van der Waals surface area contributed by atoms with Gasteiger partial charge in [0.15, 0.2) is 0 Å². The lowest BCUT2D eigenvalue weighted by atomic mass is 10.1. The van der Waals surface area contributed by atoms with Crippen molar-refractivity contribution in [3.05, 3.63) is 35.6 Å². The van der Waals surface area contributed by atoms with Crippen LogP contribution in [0.5, 0.6) is 0 Å². The molecule has 0 radical (unpaired) electrons. The summed E-state index contributed by atoms with van der Waals surface area (Å²) < 4.78 is 19.0. The number of rotatable bonds is 6. The van der Waals surface area contributed by atoms with Crippen molar-refractivity contribution in [1.82, 2.24) is 15.1 Å². The van der Waals surface area contributed by atoms with Gasteiger partial charge in [-0.25, -0.2) is 4.39 Å². The molecule has 0 saturated carbocycles. The van der Waals surface area contributed by atoms with E-state index in [0.717, 1.165) is 31.7 Å². The SMILES string of the molecule is CC1CN(CC(=O)NCC(c2ccc(F)cc2)N2CCCC2)CC(C)O1. The first-order valence-electron chi connectivity index (χ1n) is 9.65. The van der Waals surface area contributed by atoms with E-state index in [1.807, 2.05) is 26.0 Å². The highest BCUT2D eigenvalue weighted by Gasteiger charge is 2.26. The summed E-state index contributed by atoms with van der Waals surface area (Å²) in [6.07, 6.45) is 2.66. The van der Waals surface area contributed by atoms with Gasteiger partial charge in [0.25, 0.3) is 0 Å². The summed E-state index contributed by atoms with van der Waals surface area (Å²) in [5, 5.41) is 3.09. The van der Waals surface area contributed by atoms with Gasteiger partial charge in [-0.15, -0.1) is 0 Å². The van der Waals surface area contributed by atoms with Gasteiger partial charge in [0.1, 0.15) is 5.82 Å². The summed E-state index contributed by atoms with van der Waals surface area (Å²) in [5.41, 5.74) is 1.06. The van der Waals surface area contributed by atoms with Gasteiger partial charge in [0.2, 0.25) is 5.91 Å². The van der Waals surface area contributed by atoms with Crippen LogP contribution in [0, 0.1) is 5.82 Å². The Hall–Kier alpha value is -1.50. The summed E-state index contributed by atoms with van der Waals surface area (Å²) in [4.78, 5) is 17.0. The molecule has 2 aliphatic heterocycles. The molecule has 3 rings (SSSR count). The molecule has 2 heterocycles. The second kappa shape index (κ2) is 8.93. The number of amides is 1. The quantitative estimate of drug-likeness (QED) is 0.842. The largest absolute Gasteiger partial charge is 0.373 e. The molecule has 6 heteroatoms. The zero-order valence-electron chi connectivity index (χ0n) is 15.8. The molecule has 0 aromatic heterocycles. The minimum absolute atomic E-state index is 0.0395. The van der Waals surface area contributed by atoms with Crippen LogP contribution in [0.2, 0.25) is 0 Å². The van der Waals surface area contributed by atoms with Crippen LogP contribution in [0.1, 0.15) is 38.3 Å². The van der Waals surface area contributed by atoms with Crippen LogP contribution >= 0.6 is 0 Å². The highest BCUT2D eigenvalue weighted by Crippen LogP contribution is 2.24. The summed E-state index contributed by atoms with van der Waals surface area (Å²) in [6.45, 7) is 8.65. The number of carbonyl (C=O) groups excluding carboxylic acids is 1. The van der Waals surface area contributed by atoms with Gasteiger partial charge in [0, 0.05) is 19.6 Å². The van der Waals surface area contributed by atoms with Gasteiger partial charge in [-0.2, -0.15) is 0 Å². The molecule has 2 saturated heterocycles. The zero-order chi connectivity index (χ0) is 18.5. The number of nitrogens with zero attached hydrogens (tertiary/aromatic N) is 2. The predicted molar refractivity (Wildman–Crippen MR) is 99.4 cm³/mol. The number of ether oxygens (including phenoxy) is 1. The third-order valence-electron chi connectivity index (χ3n) is 5.19. The van der Waals surface area contributed by atoms with Crippen molar-refractivity contribution in [3.8, 4) is 0 Å². The molecule has 0 spiro atoms. The molecule has 2 fully saturated rings. The van der Waals surface area contributed by atoms with Crippen molar-refractivity contribution in [2.24, 2.45) is 0 Å². The molecule has 1 amide bonds. The Kier molecular flexibility index (Phi) is 6.62. The number of hydrogen-bond donors (Lipinski definition) is 1. The monoisotopic (exact) mass is 363 g/mol. The van der Waals surface area contributed by atoms with Gasteiger partial charge in [-0.1, -0.05) is 12.1 Å². The third-order valence-corrected chi connectivity index (χ3v) is 5.19. The topological polar surface area (TPSA) is 44.8 Å². The Balaban J connectivity index is 1.56. The first-order chi connectivity index (χ1) is 12.5. The van der Waals surface area contributed by atoms with Crippen molar-refractivity contribution in [1.29, 1.82) is 0 Å². The van der Waals surface area contributed by atoms with Gasteiger partial charge in [0.05, 0.1) is 24.8 Å². The third kappa shape index (κ3) is 5.25. The maximum absolute atomic E-state index is 13.3. The first kappa shape index (κ1) is 19.3. The number of halogens is 1. The van der Waals surface area contributed by atoms with Crippen molar-refractivity contribution >= 4 is 5.91 Å². The molecule has 1 aromatic rings. The van der Waals surface area contributed by atoms with E-state index in [2.05, 4.69) is 15.1 Å². The van der Waals surface area contributed by atoms with Crippen molar-refractivity contribution < 1.29 is 13.9 Å². The van der Waals surface area contributed by atoms with Gasteiger partial charge < -0.3 is 10.1 Å². The Morgan fingerprint density at radius 1 is 1.19 bits per heavy atom. The summed E-state index contributed by atoms with van der Waals surface area (Å²) >= 11 is 0. The average Bonchev–Trinajstić information content (AvgIpc) is 3.10. The molecular weight excluding hydrogens is 333 g/mol. The molecule has 1 aromatic carbocycles. The highest BCUT2D eigenvalue weighted by molar-refractivity contribution is 5.78. The van der Waals surface area contributed by atoms with Crippen molar-refractivity contribution in [2.45, 2.75) is 44.9 Å². The Bertz CT molecular complexity index is 579. The molecule has 5 nitrogen and oxygen atoms in total. The van der Waals surface area contributed by atoms with E-state index in [0.29, 0.717) is 13.1 Å². The molecule has 3 atom stereocenters. The van der Waals surface area contributed by atoms with E-state index < -0.39 is 0 Å². The fourth-order valence-electron chi connectivity index (χ4n) is 4.08. The first-order valence-corrected chi connectivity index (χ1v) is 9.65. The van der Waals surface area contributed by atoms with Gasteiger partial charge in [-0.05, 0) is 57.5 Å². The Morgan fingerprint density at radius 3 is 2.42 bits per heavy atom. The van der Waals surface area contributed by atoms with Crippen LogP contribution in [0.4, 0.5) is 4.39 Å². The predicted octanol–water partition coefficient (Wildman–Crippen LogP) is 2.19. The van der Waals surface area contributed by atoms with Crippen LogP contribution in [0.25, 0.3) is 0 Å². The smallest absolute Gasteiger partial charge is 0.234 e. The maximum atomic E-state index is 13.3. The Labute approximate surface area is 155 Å². The van der Waals surface area contributed by atoms with E-state index in [-0.39, 0.29) is 30.0 Å². The Morgan fingerprint density at radius 2 is 1.81 bits per heavy atom. The van der Waals surface area contributed by atoms with E-state index in [9.17, 15) is 9.18 Å². The lowest BCUT2D eigenvalue weighted by Gasteiger charge is -2.35. The minimum Gasteiger partial charge on any atom is -0.373 e. The summed E-state index contributed by atoms with van der Waals surface area (Å²) in [6, 6.07) is 6.75. The van der Waals surface area contributed by atoms with Crippen LogP contribution in [-0.2, 0) is 9.53 Å². The van der Waals surface area contributed by atoms with Gasteiger partial charge in [-0.3, -0.25) is 14.6 Å². The fourth-order valence-corrected chi connectivity index (χ4v) is 4.08. The van der Waals surface area contributed by atoms with E-state index in [1.165, 1.54) is 25.0 Å². The van der Waals surface area contributed by atoms with Crippen LogP contribution < -0.4 is 5.32 Å². The van der Waals surface area contributed by atoms with E-state index in [1.54, 1.807) is 0 Å². The maximum Gasteiger partial charge on any atom is 0.234 e. The standard InChI is InChI=1S/C20H30FN3O2/c1-15-12-23(13-16(2)26-15)14-20(25)22-11-19(24-9-3-4-10-24)17-5-7-18(21)8-6-17/h5-8,15-16,19H,3-4,9-14H2,1-2H3,(H,22,25). The highest BCUT2D eigenvalue weighted by atomic mass is 19.1. The van der Waals surface area contributed by atoms with E-state index >= 15 is 0 Å².